The summed E-state index contributed by atoms with van der Waals surface area (Å²) in [6, 6.07) is 13.9. The zero-order valence-electron chi connectivity index (χ0n) is 25.7. The van der Waals surface area contributed by atoms with Crippen molar-refractivity contribution in [3.63, 3.8) is 0 Å². The molecule has 3 amide bonds. The highest BCUT2D eigenvalue weighted by atomic mass is 16.5. The van der Waals surface area contributed by atoms with Gasteiger partial charge in [-0.1, -0.05) is 60.7 Å². The van der Waals surface area contributed by atoms with E-state index in [-0.39, 0.29) is 30.9 Å². The van der Waals surface area contributed by atoms with Crippen LogP contribution in [0.15, 0.2) is 73.8 Å². The van der Waals surface area contributed by atoms with E-state index < -0.39 is 35.1 Å². The molecular weight excluding hydrogens is 542 g/mol. The molecule has 228 valence electrons. The number of likely N-dealkylation sites (tertiary alicyclic amines) is 1. The summed E-state index contributed by atoms with van der Waals surface area (Å²) in [7, 11) is 0. The molecule has 2 aromatic carbocycles. The van der Waals surface area contributed by atoms with Crippen LogP contribution < -0.4 is 4.90 Å². The Morgan fingerprint density at radius 1 is 1.05 bits per heavy atom. The molecule has 0 aromatic heterocycles. The fourth-order valence-electron chi connectivity index (χ4n) is 7.77. The SMILES string of the molecule is C=CCN(Cc1ccccc1)C(=O)[C@H]1[C@H]2C(=O)N([C@H](C)CO)C(C(=O)N(CC=C)c3c(C)cccc3C)C23CC[C@]1(C)O3. The molecule has 8 heteroatoms. The largest absolute Gasteiger partial charge is 0.394 e. The molecule has 2 aromatic rings. The molecule has 3 heterocycles. The summed E-state index contributed by atoms with van der Waals surface area (Å²) in [6.45, 7) is 15.9. The smallest absolute Gasteiger partial charge is 0.253 e. The van der Waals surface area contributed by atoms with Gasteiger partial charge in [0.1, 0.15) is 11.6 Å². The van der Waals surface area contributed by atoms with Crippen LogP contribution in [0.25, 0.3) is 0 Å². The van der Waals surface area contributed by atoms with Gasteiger partial charge in [-0.2, -0.15) is 0 Å². The minimum absolute atomic E-state index is 0.187. The van der Waals surface area contributed by atoms with E-state index in [4.69, 9.17) is 4.74 Å². The normalized spacial score (nSPS) is 28.0. The van der Waals surface area contributed by atoms with E-state index >= 15 is 0 Å². The van der Waals surface area contributed by atoms with Crippen LogP contribution in [0.1, 0.15) is 43.4 Å². The zero-order chi connectivity index (χ0) is 31.1. The van der Waals surface area contributed by atoms with Crippen molar-refractivity contribution < 1.29 is 24.2 Å². The monoisotopic (exact) mass is 585 g/mol. The number of fused-ring (bicyclic) bond motifs is 1. The van der Waals surface area contributed by atoms with Crippen LogP contribution in [0.3, 0.4) is 0 Å². The van der Waals surface area contributed by atoms with E-state index in [1.807, 2.05) is 69.3 Å². The van der Waals surface area contributed by atoms with E-state index in [1.54, 1.807) is 28.9 Å². The third kappa shape index (κ3) is 4.90. The average Bonchev–Trinajstić information content (AvgIpc) is 3.56. The molecule has 8 nitrogen and oxygen atoms in total. The van der Waals surface area contributed by atoms with Crippen molar-refractivity contribution in [1.82, 2.24) is 9.80 Å². The number of hydrogen-bond donors (Lipinski definition) is 1. The predicted octanol–water partition coefficient (Wildman–Crippen LogP) is 4.18. The Morgan fingerprint density at radius 2 is 1.70 bits per heavy atom. The van der Waals surface area contributed by atoms with Crippen molar-refractivity contribution >= 4 is 23.4 Å². The van der Waals surface area contributed by atoms with E-state index in [0.717, 1.165) is 22.4 Å². The summed E-state index contributed by atoms with van der Waals surface area (Å²) < 4.78 is 6.85. The summed E-state index contributed by atoms with van der Waals surface area (Å²) in [5.74, 6) is -2.43. The highest BCUT2D eigenvalue weighted by molar-refractivity contribution is 6.06. The average molecular weight is 586 g/mol. The number of amides is 3. The third-order valence-corrected chi connectivity index (χ3v) is 9.62. The molecule has 0 saturated carbocycles. The van der Waals surface area contributed by atoms with E-state index in [0.29, 0.717) is 25.9 Å². The van der Waals surface area contributed by atoms with Gasteiger partial charge in [0.25, 0.3) is 5.91 Å². The minimum Gasteiger partial charge on any atom is -0.394 e. The highest BCUT2D eigenvalue weighted by Crippen LogP contribution is 2.64. The van der Waals surface area contributed by atoms with Gasteiger partial charge in [0, 0.05) is 25.3 Å². The van der Waals surface area contributed by atoms with Crippen molar-refractivity contribution in [2.45, 2.75) is 70.4 Å². The molecule has 3 aliphatic heterocycles. The van der Waals surface area contributed by atoms with Crippen molar-refractivity contribution in [3.05, 3.63) is 90.5 Å². The lowest BCUT2D eigenvalue weighted by Crippen LogP contribution is -2.58. The van der Waals surface area contributed by atoms with E-state index in [1.165, 1.54) is 4.90 Å². The van der Waals surface area contributed by atoms with Gasteiger partial charge in [0.05, 0.1) is 30.1 Å². The van der Waals surface area contributed by atoms with Gasteiger partial charge in [0.15, 0.2) is 0 Å². The van der Waals surface area contributed by atoms with Gasteiger partial charge in [-0.15, -0.1) is 13.2 Å². The first-order valence-electron chi connectivity index (χ1n) is 15.1. The van der Waals surface area contributed by atoms with Gasteiger partial charge in [-0.25, -0.2) is 0 Å². The Bertz CT molecular complexity index is 1410. The van der Waals surface area contributed by atoms with Crippen LogP contribution >= 0.6 is 0 Å². The standard InChI is InChI=1S/C35H43N3O5/c1-7-19-36(21-26-15-10-9-11-16-26)31(40)27-28-32(41)38(25(5)22-39)30(35(28)18-17-34(27,6)43-35)33(42)37(20-8-2)29-23(3)13-12-14-24(29)4/h7-16,25,27-28,30,39H,1-2,17-22H2,3-6H3/t25-,27-,28+,30?,34+,35?/m1/s1. The maximum absolute atomic E-state index is 14.8. The molecule has 1 N–H and O–H groups in total. The third-order valence-electron chi connectivity index (χ3n) is 9.62. The Kier molecular flexibility index (Phi) is 8.38. The quantitative estimate of drug-likeness (QED) is 0.400. The van der Waals surface area contributed by atoms with Crippen molar-refractivity contribution in [2.24, 2.45) is 11.8 Å². The van der Waals surface area contributed by atoms with Crippen LogP contribution in [0, 0.1) is 25.7 Å². The molecule has 2 bridgehead atoms. The van der Waals surface area contributed by atoms with Crippen molar-refractivity contribution in [3.8, 4) is 0 Å². The molecule has 5 rings (SSSR count). The summed E-state index contributed by atoms with van der Waals surface area (Å²) in [5.41, 5.74) is 1.47. The Balaban J connectivity index is 1.59. The number of aliphatic hydroxyl groups is 1. The molecule has 6 atom stereocenters. The number of anilines is 1. The number of carbonyl (C=O) groups is 3. The molecule has 0 aliphatic carbocycles. The number of aryl methyl sites for hydroxylation is 2. The van der Waals surface area contributed by atoms with Gasteiger partial charge in [-0.3, -0.25) is 14.4 Å². The molecular formula is C35H43N3O5. The fourth-order valence-corrected chi connectivity index (χ4v) is 7.77. The lowest BCUT2D eigenvalue weighted by Gasteiger charge is -2.39. The second-order valence-electron chi connectivity index (χ2n) is 12.5. The summed E-state index contributed by atoms with van der Waals surface area (Å²) in [5, 5.41) is 10.3. The van der Waals surface area contributed by atoms with Crippen LogP contribution in [0.5, 0.6) is 0 Å². The Hall–Kier alpha value is -3.75. The number of carbonyl (C=O) groups excluding carboxylic acids is 3. The zero-order valence-corrected chi connectivity index (χ0v) is 25.7. The van der Waals surface area contributed by atoms with E-state index in [2.05, 4.69) is 13.2 Å². The first-order chi connectivity index (χ1) is 20.5. The summed E-state index contributed by atoms with van der Waals surface area (Å²) >= 11 is 0. The predicted molar refractivity (Wildman–Crippen MR) is 166 cm³/mol. The number of hydrogen-bond acceptors (Lipinski definition) is 5. The van der Waals surface area contributed by atoms with Gasteiger partial charge >= 0.3 is 0 Å². The number of nitrogens with zero attached hydrogens (tertiary/aromatic N) is 3. The van der Waals surface area contributed by atoms with Crippen LogP contribution in [0.2, 0.25) is 0 Å². The molecule has 3 fully saturated rings. The summed E-state index contributed by atoms with van der Waals surface area (Å²) in [6.07, 6.45) is 4.36. The number of para-hydroxylation sites is 1. The lowest BCUT2D eigenvalue weighted by atomic mass is 9.66. The van der Waals surface area contributed by atoms with Gasteiger partial charge in [0.2, 0.25) is 11.8 Å². The number of ether oxygens (including phenoxy) is 1. The second-order valence-corrected chi connectivity index (χ2v) is 12.5. The second kappa shape index (κ2) is 11.7. The molecule has 2 unspecified atom stereocenters. The molecule has 0 radical (unpaired) electrons. The van der Waals surface area contributed by atoms with Crippen molar-refractivity contribution in [2.75, 3.05) is 24.6 Å². The number of aliphatic hydroxyl groups excluding tert-OH is 1. The number of rotatable bonds is 11. The molecule has 43 heavy (non-hydrogen) atoms. The maximum Gasteiger partial charge on any atom is 0.253 e. The fraction of sp³-hybridized carbons (Fsp3) is 0.457. The van der Waals surface area contributed by atoms with E-state index in [9.17, 15) is 19.5 Å². The van der Waals surface area contributed by atoms with Crippen LogP contribution in [-0.2, 0) is 25.7 Å². The Morgan fingerprint density at radius 3 is 2.30 bits per heavy atom. The first-order valence-corrected chi connectivity index (χ1v) is 15.1. The van der Waals surface area contributed by atoms with Gasteiger partial charge in [-0.05, 0) is 57.2 Å². The lowest BCUT2D eigenvalue weighted by molar-refractivity contribution is -0.152. The highest BCUT2D eigenvalue weighted by Gasteiger charge is 2.78. The molecule has 3 saturated heterocycles. The minimum atomic E-state index is -1.20. The topological polar surface area (TPSA) is 90.4 Å². The van der Waals surface area contributed by atoms with Crippen LogP contribution in [0.4, 0.5) is 5.69 Å². The first kappa shape index (κ1) is 30.7. The maximum atomic E-state index is 14.8. The molecule has 1 spiro atoms. The van der Waals surface area contributed by atoms with Crippen LogP contribution in [-0.4, -0.2) is 75.6 Å². The van der Waals surface area contributed by atoms with Crippen molar-refractivity contribution in [1.29, 1.82) is 0 Å². The summed E-state index contributed by atoms with van der Waals surface area (Å²) in [4.78, 5) is 48.7. The van der Waals surface area contributed by atoms with Gasteiger partial charge < -0.3 is 24.5 Å². The molecule has 3 aliphatic rings. The number of benzene rings is 2. The Labute approximate surface area is 254 Å².